The number of furan rings is 1. The minimum absolute atomic E-state index is 0. The molecule has 6 aromatic carbocycles. The van der Waals surface area contributed by atoms with Crippen LogP contribution in [0.25, 0.3) is 72.4 Å². The normalized spacial score (nSPS) is 13.7. The molecule has 0 unspecified atom stereocenters. The molecule has 0 aliphatic rings. The second-order valence-electron chi connectivity index (χ2n) is 13.3. The van der Waals surface area contributed by atoms with Gasteiger partial charge in [-0.2, -0.15) is 0 Å². The monoisotopic (exact) mass is 887 g/mol. The average molecular weight is 887 g/mol. The fourth-order valence-corrected chi connectivity index (χ4v) is 7.02. The maximum atomic E-state index is 8.54. The third-order valence-electron chi connectivity index (χ3n) is 9.54. The molecule has 9 rings (SSSR count). The maximum absolute atomic E-state index is 8.54. The Morgan fingerprint density at radius 1 is 0.722 bits per heavy atom. The quantitative estimate of drug-likeness (QED) is 0.162. The molecular weight excluding hydrogens is 839 g/mol. The third kappa shape index (κ3) is 6.70. The summed E-state index contributed by atoms with van der Waals surface area (Å²) in [6, 6.07) is 47.0. The number of rotatable bonds is 5. The Labute approximate surface area is 340 Å². The summed E-state index contributed by atoms with van der Waals surface area (Å²) in [5, 5.41) is 1.50. The van der Waals surface area contributed by atoms with Crippen LogP contribution in [0, 0.1) is 39.7 Å². The van der Waals surface area contributed by atoms with Gasteiger partial charge in [-0.05, 0) is 84.7 Å². The molecule has 9 aromatic rings. The Bertz CT molecular complexity index is 3000. The molecule has 0 fully saturated rings. The minimum Gasteiger partial charge on any atom is -0.500 e. The van der Waals surface area contributed by atoms with E-state index in [2.05, 4.69) is 78.0 Å². The topological polar surface area (TPSA) is 43.9 Å². The number of aromatic nitrogens is 3. The van der Waals surface area contributed by atoms with E-state index in [-0.39, 0.29) is 31.2 Å². The largest absolute Gasteiger partial charge is 0.500 e. The fraction of sp³-hybridized carbons (Fsp3) is 0.143. The molecule has 0 N–H and O–H groups in total. The van der Waals surface area contributed by atoms with Gasteiger partial charge in [-0.15, -0.1) is 54.1 Å². The van der Waals surface area contributed by atoms with E-state index < -0.39 is 19.6 Å². The average Bonchev–Trinajstić information content (AvgIpc) is 3.79. The number of imidazole rings is 1. The van der Waals surface area contributed by atoms with Crippen LogP contribution < -0.4 is 0 Å². The first-order valence-corrected chi connectivity index (χ1v) is 17.5. The Balaban J connectivity index is 0.000000200. The van der Waals surface area contributed by atoms with E-state index in [0.717, 1.165) is 38.8 Å². The van der Waals surface area contributed by atoms with Gasteiger partial charge < -0.3 is 14.0 Å². The Kier molecular flexibility index (Phi) is 8.22. The first-order valence-electron chi connectivity index (χ1n) is 21.0. The van der Waals surface area contributed by atoms with E-state index in [9.17, 15) is 0 Å². The molecule has 0 bridgehead atoms. The summed E-state index contributed by atoms with van der Waals surface area (Å²) in [6.07, 6.45) is 1.30. The van der Waals surface area contributed by atoms with Crippen molar-refractivity contribution in [3.8, 4) is 39.5 Å². The summed E-state index contributed by atoms with van der Waals surface area (Å²) in [7, 11) is 0. The molecule has 0 spiro atoms. The van der Waals surface area contributed by atoms with E-state index in [1.165, 1.54) is 23.0 Å². The molecule has 269 valence electrons. The van der Waals surface area contributed by atoms with Crippen LogP contribution in [0.1, 0.15) is 57.2 Å². The van der Waals surface area contributed by atoms with Crippen LogP contribution in [-0.4, -0.2) is 14.5 Å². The van der Waals surface area contributed by atoms with Crippen molar-refractivity contribution in [1.82, 2.24) is 14.5 Å². The van der Waals surface area contributed by atoms with Gasteiger partial charge in [0.1, 0.15) is 5.58 Å². The SMILES string of the molecule is Cc1cccc(C)c1-n1c(-c2[c-]cccc2)nc2ccccc21.[2H]C([2H])([2H])c1cnc(-c2[c-]ccc3c2oc2c(-c4ccccc4)c(C([2H])([2H])[2H])ccc23)cc1C([2H])(C)C.[Ir]. The predicted octanol–water partition coefficient (Wildman–Crippen LogP) is 13.0. The maximum Gasteiger partial charge on any atom is 0.129 e. The fourth-order valence-electron chi connectivity index (χ4n) is 7.02. The van der Waals surface area contributed by atoms with E-state index in [1.807, 2.05) is 60.7 Å². The van der Waals surface area contributed by atoms with Crippen LogP contribution in [0.15, 0.2) is 138 Å². The zero-order valence-corrected chi connectivity index (χ0v) is 32.7. The van der Waals surface area contributed by atoms with Gasteiger partial charge in [-0.3, -0.25) is 4.98 Å². The Morgan fingerprint density at radius 3 is 2.20 bits per heavy atom. The van der Waals surface area contributed by atoms with Crippen LogP contribution >= 0.6 is 0 Å². The number of fused-ring (bicyclic) bond motifs is 4. The zero-order valence-electron chi connectivity index (χ0n) is 37.3. The van der Waals surface area contributed by atoms with Crippen molar-refractivity contribution in [3.05, 3.63) is 174 Å². The predicted molar refractivity (Wildman–Crippen MR) is 220 cm³/mol. The standard InChI is InChI=1S/C28H24NO.C21H17N2.Ir/c1-17(2)24-15-25(29-16-19(24)4)23-12-8-11-21-22-14-13-18(3)26(28(22)30-27(21)23)20-9-6-5-7-10-20;1-15-9-8-10-16(2)20(15)23-19-14-7-6-13-18(19)22-21(23)17-11-4-3-5-12-17;/h5-11,13-17H,1-4H3;3-11,13-14H,1-2H3;/q2*-1;/i3D3,4D3,17D;;. The Hall–Kier alpha value is -5.61. The minimum atomic E-state index is -2.41. The molecule has 0 aliphatic heterocycles. The van der Waals surface area contributed by atoms with Gasteiger partial charge in [0, 0.05) is 52.5 Å². The van der Waals surface area contributed by atoms with Crippen molar-refractivity contribution >= 4 is 33.0 Å². The molecule has 0 atom stereocenters. The van der Waals surface area contributed by atoms with Crippen molar-refractivity contribution in [2.24, 2.45) is 0 Å². The Morgan fingerprint density at radius 2 is 1.46 bits per heavy atom. The van der Waals surface area contributed by atoms with E-state index in [4.69, 9.17) is 19.0 Å². The molecule has 3 heterocycles. The molecular formula is C49H41IrN3O-2. The van der Waals surface area contributed by atoms with Crippen LogP contribution in [0.2, 0.25) is 0 Å². The molecule has 54 heavy (non-hydrogen) atoms. The van der Waals surface area contributed by atoms with Gasteiger partial charge in [0.15, 0.2) is 0 Å². The van der Waals surface area contributed by atoms with Crippen LogP contribution in [0.4, 0.5) is 0 Å². The van der Waals surface area contributed by atoms with Gasteiger partial charge in [0.2, 0.25) is 0 Å². The molecule has 3 aromatic heterocycles. The van der Waals surface area contributed by atoms with Crippen molar-refractivity contribution in [2.45, 2.75) is 47.3 Å². The number of pyridine rings is 1. The number of benzene rings is 6. The summed E-state index contributed by atoms with van der Waals surface area (Å²) in [5.41, 5.74) is 10.4. The van der Waals surface area contributed by atoms with Gasteiger partial charge in [-0.1, -0.05) is 104 Å². The smallest absolute Gasteiger partial charge is 0.129 e. The molecule has 0 aliphatic carbocycles. The number of para-hydroxylation sites is 3. The molecule has 5 heteroatoms. The van der Waals surface area contributed by atoms with Crippen molar-refractivity contribution in [2.75, 3.05) is 0 Å². The van der Waals surface area contributed by atoms with E-state index in [1.54, 1.807) is 38.1 Å². The second-order valence-corrected chi connectivity index (χ2v) is 13.3. The van der Waals surface area contributed by atoms with Gasteiger partial charge in [-0.25, -0.2) is 0 Å². The van der Waals surface area contributed by atoms with E-state index >= 15 is 0 Å². The summed E-state index contributed by atoms with van der Waals surface area (Å²) in [6.45, 7) is 2.80. The molecule has 4 nitrogen and oxygen atoms in total. The number of aryl methyl sites for hydroxylation is 4. The zero-order chi connectivity index (χ0) is 42.6. The van der Waals surface area contributed by atoms with Crippen LogP contribution in [0.5, 0.6) is 0 Å². The van der Waals surface area contributed by atoms with E-state index in [0.29, 0.717) is 33.6 Å². The number of hydrogen-bond acceptors (Lipinski definition) is 3. The molecule has 0 saturated heterocycles. The second kappa shape index (κ2) is 15.4. The van der Waals surface area contributed by atoms with Crippen molar-refractivity contribution in [1.29, 1.82) is 0 Å². The summed E-state index contributed by atoms with van der Waals surface area (Å²) >= 11 is 0. The van der Waals surface area contributed by atoms with Gasteiger partial charge >= 0.3 is 0 Å². The summed E-state index contributed by atoms with van der Waals surface area (Å²) < 4.78 is 65.2. The first-order chi connectivity index (χ1) is 28.5. The van der Waals surface area contributed by atoms with Gasteiger partial charge in [0.25, 0.3) is 0 Å². The molecule has 0 saturated carbocycles. The number of nitrogens with zero attached hydrogens (tertiary/aromatic N) is 3. The number of hydrogen-bond donors (Lipinski definition) is 0. The summed E-state index contributed by atoms with van der Waals surface area (Å²) in [5.74, 6) is -0.248. The summed E-state index contributed by atoms with van der Waals surface area (Å²) in [4.78, 5) is 9.30. The van der Waals surface area contributed by atoms with Crippen LogP contribution in [0.3, 0.4) is 0 Å². The third-order valence-corrected chi connectivity index (χ3v) is 9.54. The van der Waals surface area contributed by atoms with Crippen LogP contribution in [-0.2, 0) is 20.1 Å². The van der Waals surface area contributed by atoms with Gasteiger partial charge in [0.05, 0.1) is 22.4 Å². The first kappa shape index (κ1) is 28.8. The van der Waals surface area contributed by atoms with Crippen molar-refractivity contribution in [3.63, 3.8) is 0 Å². The van der Waals surface area contributed by atoms with Crippen molar-refractivity contribution < 1.29 is 34.1 Å². The molecule has 0 amide bonds. The molecule has 1 radical (unpaired) electrons.